The van der Waals surface area contributed by atoms with Crippen molar-refractivity contribution in [3.05, 3.63) is 85.1 Å². The molecule has 0 unspecified atom stereocenters. The minimum atomic E-state index is -2.20. The van der Waals surface area contributed by atoms with E-state index >= 15 is 0 Å². The summed E-state index contributed by atoms with van der Waals surface area (Å²) in [7, 11) is 0. The lowest BCUT2D eigenvalue weighted by Gasteiger charge is -2.23. The lowest BCUT2D eigenvalue weighted by atomic mass is 9.95. The van der Waals surface area contributed by atoms with E-state index < -0.39 is 43.6 Å². The summed E-state index contributed by atoms with van der Waals surface area (Å²) in [5, 5.41) is 44.0. The average molecular weight is 375 g/mol. The second kappa shape index (κ2) is 6.20. The Bertz CT molecular complexity index is 925. The maximum atomic E-state index is 11.8. The van der Waals surface area contributed by atoms with Gasteiger partial charge in [-0.25, -0.2) is 0 Å². The summed E-state index contributed by atoms with van der Waals surface area (Å²) in [6.07, 6.45) is 9.73. The van der Waals surface area contributed by atoms with Gasteiger partial charge in [0.15, 0.2) is 11.8 Å². The summed E-state index contributed by atoms with van der Waals surface area (Å²) in [6.45, 7) is 3.40. The van der Waals surface area contributed by atoms with Crippen LogP contribution in [0.25, 0.3) is 0 Å². The van der Waals surface area contributed by atoms with Gasteiger partial charge in [-0.05, 0) is 19.9 Å². The molecule has 0 aromatic heterocycles. The van der Waals surface area contributed by atoms with E-state index in [2.05, 4.69) is 0 Å². The molecule has 0 aromatic carbocycles. The third-order valence-electron chi connectivity index (χ3n) is 4.23. The van der Waals surface area contributed by atoms with Crippen molar-refractivity contribution >= 4 is 11.4 Å². The van der Waals surface area contributed by atoms with Crippen LogP contribution in [0, 0.1) is 25.4 Å². The van der Waals surface area contributed by atoms with E-state index in [4.69, 9.17) is 9.94 Å². The molecular weight excluding hydrogens is 360 g/mol. The van der Waals surface area contributed by atoms with Crippen LogP contribution in [0.2, 0.25) is 0 Å². The Kier molecular flexibility index (Phi) is 4.14. The van der Waals surface area contributed by atoms with E-state index in [0.717, 1.165) is 12.2 Å². The van der Waals surface area contributed by atoms with E-state index in [1.807, 2.05) is 0 Å². The highest BCUT2D eigenvalue weighted by molar-refractivity contribution is 6.06. The highest BCUT2D eigenvalue weighted by atomic mass is 16.8. The third-order valence-corrected chi connectivity index (χ3v) is 4.23. The zero-order valence-electron chi connectivity index (χ0n) is 14.3. The number of hydrogen-bond donors (Lipinski definition) is 1. The number of nitro groups is 2. The normalized spacial score (nSPS) is 23.5. The summed E-state index contributed by atoms with van der Waals surface area (Å²) in [5.74, 6) is 0.209. The molecule has 0 atom stereocenters. The summed E-state index contributed by atoms with van der Waals surface area (Å²) >= 11 is 0. The van der Waals surface area contributed by atoms with Crippen LogP contribution in [0.4, 0.5) is 0 Å². The Hall–Kier alpha value is -3.76. The first kappa shape index (κ1) is 18.0. The molecule has 0 saturated carbocycles. The van der Waals surface area contributed by atoms with Crippen LogP contribution in [0.3, 0.4) is 0 Å². The monoisotopic (exact) mass is 375 g/mol. The molecule has 1 N–H and O–H groups in total. The van der Waals surface area contributed by atoms with Crippen molar-refractivity contribution in [2.75, 3.05) is 0 Å². The van der Waals surface area contributed by atoms with Crippen molar-refractivity contribution in [2.45, 2.75) is 25.6 Å². The van der Waals surface area contributed by atoms with Crippen LogP contribution in [0.15, 0.2) is 59.7 Å². The third kappa shape index (κ3) is 2.60. The number of ether oxygens (including phenoxy) is 1. The molecule has 11 nitrogen and oxygen atoms in total. The molecular formula is C16H15N4O7+. The number of rotatable bonds is 3. The van der Waals surface area contributed by atoms with Gasteiger partial charge in [0.1, 0.15) is 12.2 Å². The topological polar surface area (TPSA) is 145 Å². The van der Waals surface area contributed by atoms with E-state index in [-0.39, 0.29) is 5.76 Å². The van der Waals surface area contributed by atoms with Crippen LogP contribution in [-0.4, -0.2) is 47.7 Å². The van der Waals surface area contributed by atoms with Crippen LogP contribution in [-0.2, 0) is 4.74 Å². The van der Waals surface area contributed by atoms with Gasteiger partial charge in [-0.3, -0.25) is 25.4 Å². The number of fused-ring (bicyclic) bond motifs is 1. The Morgan fingerprint density at radius 2 is 1.67 bits per heavy atom. The van der Waals surface area contributed by atoms with Crippen molar-refractivity contribution in [3.63, 3.8) is 0 Å². The average Bonchev–Trinajstić information content (AvgIpc) is 2.72. The quantitative estimate of drug-likeness (QED) is 0.257. The standard InChI is InChI=1S/C16H15N4O7/c1-10(2)17-12-6-4-3-5-7-13(12)27-16(17)14(19(23)24)8-11(18(21)22)9-15(16)20(25)26/h3-10H,1-2H3,(H,21,22)/q+1. The largest absolute Gasteiger partial charge is 0.493 e. The van der Waals surface area contributed by atoms with E-state index in [1.54, 1.807) is 44.2 Å². The maximum absolute atomic E-state index is 11.8. The van der Waals surface area contributed by atoms with Gasteiger partial charge in [0.2, 0.25) is 5.71 Å². The first-order valence-electron chi connectivity index (χ1n) is 7.87. The molecule has 1 aliphatic heterocycles. The Labute approximate surface area is 152 Å². The maximum Gasteiger partial charge on any atom is 0.493 e. The number of hydrogen-bond acceptors (Lipinski definition) is 7. The highest BCUT2D eigenvalue weighted by Crippen LogP contribution is 2.43. The second-order valence-corrected chi connectivity index (χ2v) is 6.14. The van der Waals surface area contributed by atoms with Gasteiger partial charge in [-0.1, -0.05) is 18.2 Å². The fraction of sp³-hybridized carbons (Fsp3) is 0.250. The van der Waals surface area contributed by atoms with Crippen LogP contribution >= 0.6 is 0 Å². The van der Waals surface area contributed by atoms with E-state index in [1.165, 1.54) is 4.58 Å². The molecule has 27 heavy (non-hydrogen) atoms. The predicted octanol–water partition coefficient (Wildman–Crippen LogP) is 1.26. The molecule has 0 bridgehead atoms. The minimum Gasteiger partial charge on any atom is -0.417 e. The van der Waals surface area contributed by atoms with Gasteiger partial charge in [0.25, 0.3) is 5.71 Å². The molecule has 1 heterocycles. The first-order chi connectivity index (χ1) is 12.7. The molecule has 0 saturated heterocycles. The van der Waals surface area contributed by atoms with Gasteiger partial charge in [0.05, 0.1) is 9.85 Å². The molecule has 3 aliphatic rings. The smallest absolute Gasteiger partial charge is 0.417 e. The van der Waals surface area contributed by atoms with Crippen molar-refractivity contribution in [1.82, 2.24) is 0 Å². The zero-order valence-corrected chi connectivity index (χ0v) is 14.3. The number of nitrogens with zero attached hydrogens (tertiary/aromatic N) is 4. The van der Waals surface area contributed by atoms with Gasteiger partial charge < -0.3 is 9.94 Å². The molecule has 140 valence electrons. The van der Waals surface area contributed by atoms with Gasteiger partial charge in [-0.15, -0.1) is 0 Å². The van der Waals surface area contributed by atoms with Gasteiger partial charge >= 0.3 is 17.1 Å². The lowest BCUT2D eigenvalue weighted by Crippen LogP contribution is -2.53. The van der Waals surface area contributed by atoms with Gasteiger partial charge in [0, 0.05) is 11.0 Å². The molecule has 0 fully saturated rings. The summed E-state index contributed by atoms with van der Waals surface area (Å²) in [5.41, 5.74) is -3.93. The Morgan fingerprint density at radius 1 is 1.07 bits per heavy atom. The van der Waals surface area contributed by atoms with Gasteiger partial charge in [-0.2, -0.15) is 4.58 Å². The molecule has 2 aliphatic carbocycles. The molecule has 1 spiro atoms. The first-order valence-corrected chi connectivity index (χ1v) is 7.87. The highest BCUT2D eigenvalue weighted by Gasteiger charge is 2.73. The molecule has 0 amide bonds. The van der Waals surface area contributed by atoms with E-state index in [0.29, 0.717) is 5.71 Å². The van der Waals surface area contributed by atoms with Crippen LogP contribution in [0.1, 0.15) is 13.8 Å². The molecule has 3 rings (SSSR count). The fourth-order valence-corrected chi connectivity index (χ4v) is 3.29. The minimum absolute atomic E-state index is 0.209. The Morgan fingerprint density at radius 3 is 2.15 bits per heavy atom. The lowest BCUT2D eigenvalue weighted by molar-refractivity contribution is -0.726. The fourth-order valence-electron chi connectivity index (χ4n) is 3.29. The van der Waals surface area contributed by atoms with E-state index in [9.17, 15) is 25.4 Å². The second-order valence-electron chi connectivity index (χ2n) is 6.14. The van der Waals surface area contributed by atoms with Crippen LogP contribution in [0.5, 0.6) is 0 Å². The molecule has 11 heteroatoms. The predicted molar refractivity (Wildman–Crippen MR) is 91.2 cm³/mol. The van der Waals surface area contributed by atoms with Crippen molar-refractivity contribution in [3.8, 4) is 0 Å². The summed E-state index contributed by atoms with van der Waals surface area (Å²) in [6, 6.07) is -0.445. The van der Waals surface area contributed by atoms with Crippen molar-refractivity contribution in [1.29, 1.82) is 0 Å². The number of allylic oxidation sites excluding steroid dienone is 7. The SMILES string of the molecule is CC(C)[N+]1=C2C=CC=CC=C2OC12C([N+](=O)[O-])=CC(=[N+]([O-])O)C=C2[N+](=O)[O-]. The Balaban J connectivity index is 2.42. The zero-order chi connectivity index (χ0) is 19.9. The van der Waals surface area contributed by atoms with Crippen LogP contribution < -0.4 is 0 Å². The summed E-state index contributed by atoms with van der Waals surface area (Å²) < 4.78 is 7.25. The molecule has 0 radical (unpaired) electrons. The van der Waals surface area contributed by atoms with Crippen molar-refractivity contribution < 1.29 is 29.3 Å². The summed E-state index contributed by atoms with van der Waals surface area (Å²) in [4.78, 5) is 21.2. The molecule has 0 aromatic rings. The van der Waals surface area contributed by atoms with Crippen molar-refractivity contribution in [2.24, 2.45) is 0 Å².